The first-order valence-electron chi connectivity index (χ1n) is 15.9. The first-order valence-corrected chi connectivity index (χ1v) is 15.9. The van der Waals surface area contributed by atoms with Crippen LogP contribution in [0.1, 0.15) is 27.8 Å². The molecule has 0 amide bonds. The van der Waals surface area contributed by atoms with Gasteiger partial charge < -0.3 is 4.74 Å². The number of benzene rings is 6. The number of halogens is 4. The van der Waals surface area contributed by atoms with Crippen LogP contribution in [0.3, 0.4) is 0 Å². The van der Waals surface area contributed by atoms with Crippen molar-refractivity contribution in [1.82, 2.24) is 9.55 Å². The van der Waals surface area contributed by atoms with E-state index in [0.717, 1.165) is 0 Å². The van der Waals surface area contributed by atoms with Crippen molar-refractivity contribution in [2.24, 2.45) is 0 Å². The SMILES string of the molecule is O=c1c2ccccc2nc2n1[C@@]1(c3ccc(F)cc3)C(c3ccc(F)cc3)=C(c3ccc(F)cc3)O[C@@]1(c1ccc(F)cc1)c1ccccc1-2. The van der Waals surface area contributed by atoms with Crippen LogP contribution in [0, 0.1) is 23.3 Å². The van der Waals surface area contributed by atoms with Crippen LogP contribution in [0.25, 0.3) is 33.6 Å². The molecule has 3 heterocycles. The molecule has 2 aliphatic rings. The molecular weight excluding hydrogens is 640 g/mol. The molecule has 0 N–H and O–H groups in total. The molecule has 50 heavy (non-hydrogen) atoms. The maximum Gasteiger partial charge on any atom is 0.262 e. The zero-order chi connectivity index (χ0) is 34.2. The van der Waals surface area contributed by atoms with Crippen molar-refractivity contribution in [2.45, 2.75) is 11.1 Å². The molecule has 2 atom stereocenters. The van der Waals surface area contributed by atoms with Crippen LogP contribution in [0.5, 0.6) is 0 Å². The summed E-state index contributed by atoms with van der Waals surface area (Å²) in [4.78, 5) is 20.4. The molecular formula is C42H24F4N2O2. The quantitative estimate of drug-likeness (QED) is 0.176. The maximum atomic E-state index is 15.3. The van der Waals surface area contributed by atoms with Crippen molar-refractivity contribution in [3.63, 3.8) is 0 Å². The number of aromatic nitrogens is 2. The van der Waals surface area contributed by atoms with Gasteiger partial charge in [-0.25, -0.2) is 22.5 Å². The van der Waals surface area contributed by atoms with Gasteiger partial charge in [-0.3, -0.25) is 9.36 Å². The van der Waals surface area contributed by atoms with Gasteiger partial charge in [-0.1, -0.05) is 72.8 Å². The zero-order valence-electron chi connectivity index (χ0n) is 26.1. The Morgan fingerprint density at radius 2 is 1.08 bits per heavy atom. The minimum atomic E-state index is -1.74. The van der Waals surface area contributed by atoms with Crippen LogP contribution in [-0.4, -0.2) is 9.55 Å². The van der Waals surface area contributed by atoms with E-state index in [9.17, 15) is 17.6 Å². The highest BCUT2D eigenvalue weighted by Gasteiger charge is 2.69. The Morgan fingerprint density at radius 3 is 1.72 bits per heavy atom. The van der Waals surface area contributed by atoms with Crippen molar-refractivity contribution in [2.75, 3.05) is 0 Å². The lowest BCUT2D eigenvalue weighted by atomic mass is 9.60. The molecule has 0 unspecified atom stereocenters. The summed E-state index contributed by atoms with van der Waals surface area (Å²) >= 11 is 0. The average molecular weight is 665 g/mol. The first kappa shape index (κ1) is 29.8. The Balaban J connectivity index is 1.59. The number of fused-ring (bicyclic) bond motifs is 7. The summed E-state index contributed by atoms with van der Waals surface area (Å²) in [6.07, 6.45) is 0. The summed E-state index contributed by atoms with van der Waals surface area (Å²) in [5.41, 5.74) is 0.0511. The molecule has 242 valence electrons. The lowest BCUT2D eigenvalue weighted by Gasteiger charge is -2.51. The first-order chi connectivity index (χ1) is 24.3. The second kappa shape index (κ2) is 10.9. The average Bonchev–Trinajstić information content (AvgIpc) is 3.46. The van der Waals surface area contributed by atoms with Gasteiger partial charge in [0.05, 0.1) is 10.9 Å². The Bertz CT molecular complexity index is 2560. The molecule has 8 heteroatoms. The fourth-order valence-corrected chi connectivity index (χ4v) is 7.78. The Morgan fingerprint density at radius 1 is 0.560 bits per heavy atom. The van der Waals surface area contributed by atoms with E-state index >= 15 is 4.79 Å². The van der Waals surface area contributed by atoms with E-state index in [1.165, 1.54) is 48.5 Å². The third-order valence-electron chi connectivity index (χ3n) is 9.76. The van der Waals surface area contributed by atoms with Gasteiger partial charge in [0, 0.05) is 27.8 Å². The molecule has 0 aliphatic carbocycles. The highest BCUT2D eigenvalue weighted by molar-refractivity contribution is 6.00. The number of nitrogens with zero attached hydrogens (tertiary/aromatic N) is 2. The van der Waals surface area contributed by atoms with Gasteiger partial charge in [-0.15, -0.1) is 0 Å². The third kappa shape index (κ3) is 3.99. The number of hydrogen-bond acceptors (Lipinski definition) is 3. The van der Waals surface area contributed by atoms with Crippen molar-refractivity contribution < 1.29 is 22.3 Å². The third-order valence-corrected chi connectivity index (χ3v) is 9.76. The largest absolute Gasteiger partial charge is 0.473 e. The lowest BCUT2D eigenvalue weighted by Crippen LogP contribution is -2.59. The molecule has 0 spiro atoms. The van der Waals surface area contributed by atoms with Crippen LogP contribution in [0.4, 0.5) is 17.6 Å². The van der Waals surface area contributed by atoms with Crippen LogP contribution in [-0.2, 0) is 15.9 Å². The van der Waals surface area contributed by atoms with E-state index in [4.69, 9.17) is 9.72 Å². The van der Waals surface area contributed by atoms with Gasteiger partial charge in [-0.05, 0) is 83.9 Å². The molecule has 0 saturated carbocycles. The molecule has 0 saturated heterocycles. The van der Waals surface area contributed by atoms with Crippen LogP contribution in [0.2, 0.25) is 0 Å². The molecule has 0 fully saturated rings. The molecule has 7 aromatic rings. The molecule has 0 radical (unpaired) electrons. The van der Waals surface area contributed by atoms with Gasteiger partial charge in [0.1, 0.15) is 34.9 Å². The second-order valence-electron chi connectivity index (χ2n) is 12.4. The second-order valence-corrected chi connectivity index (χ2v) is 12.4. The van der Waals surface area contributed by atoms with Crippen molar-refractivity contribution in [3.05, 3.63) is 207 Å². The predicted molar refractivity (Wildman–Crippen MR) is 183 cm³/mol. The highest BCUT2D eigenvalue weighted by Crippen LogP contribution is 2.68. The normalized spacial score (nSPS) is 19.1. The zero-order valence-corrected chi connectivity index (χ0v) is 26.1. The summed E-state index contributed by atoms with van der Waals surface area (Å²) in [6, 6.07) is 37.5. The minimum absolute atomic E-state index is 0.257. The minimum Gasteiger partial charge on any atom is -0.473 e. The number of para-hydroxylation sites is 1. The fraction of sp³-hybridized carbons (Fsp3) is 0.0476. The van der Waals surface area contributed by atoms with Crippen molar-refractivity contribution in [1.29, 1.82) is 0 Å². The van der Waals surface area contributed by atoms with Crippen LogP contribution in [0.15, 0.2) is 150 Å². The van der Waals surface area contributed by atoms with E-state index in [2.05, 4.69) is 0 Å². The van der Waals surface area contributed by atoms with Gasteiger partial charge in [0.15, 0.2) is 11.1 Å². The topological polar surface area (TPSA) is 44.1 Å². The number of rotatable bonds is 4. The van der Waals surface area contributed by atoms with E-state index in [1.807, 2.05) is 24.3 Å². The summed E-state index contributed by atoms with van der Waals surface area (Å²) in [7, 11) is 0. The molecule has 0 bridgehead atoms. The lowest BCUT2D eigenvalue weighted by molar-refractivity contribution is 0.0231. The summed E-state index contributed by atoms with van der Waals surface area (Å²) < 4.78 is 67.7. The summed E-state index contributed by atoms with van der Waals surface area (Å²) in [5, 5.41) is 0.318. The highest BCUT2D eigenvalue weighted by atomic mass is 19.1. The molecule has 6 aromatic carbocycles. The molecule has 2 aliphatic heterocycles. The Kier molecular flexibility index (Phi) is 6.48. The van der Waals surface area contributed by atoms with Crippen LogP contribution < -0.4 is 5.56 Å². The fourth-order valence-electron chi connectivity index (χ4n) is 7.78. The molecule has 4 nitrogen and oxygen atoms in total. The Labute approximate surface area is 283 Å². The smallest absolute Gasteiger partial charge is 0.262 e. The van der Waals surface area contributed by atoms with Crippen LogP contribution >= 0.6 is 0 Å². The van der Waals surface area contributed by atoms with E-state index in [-0.39, 0.29) is 5.76 Å². The summed E-state index contributed by atoms with van der Waals surface area (Å²) in [5.74, 6) is -1.39. The van der Waals surface area contributed by atoms with Gasteiger partial charge in [-0.2, -0.15) is 0 Å². The van der Waals surface area contributed by atoms with Gasteiger partial charge >= 0.3 is 0 Å². The van der Waals surface area contributed by atoms with Gasteiger partial charge in [0.25, 0.3) is 5.56 Å². The standard InChI is InChI=1S/C42H24F4N2O2/c43-29-17-9-25(10-18-29)37-38(26-11-19-30(44)20-12-26)50-42(28-15-23-32(46)24-16-28)35-7-3-1-5-33(35)39-47-36-8-4-2-6-34(36)40(49)48(39)41(37,42)27-13-21-31(45)22-14-27/h1-24H/t41-,42-/m0/s1. The van der Waals surface area contributed by atoms with Crippen molar-refractivity contribution >= 4 is 22.2 Å². The van der Waals surface area contributed by atoms with E-state index in [0.29, 0.717) is 55.7 Å². The predicted octanol–water partition coefficient (Wildman–Crippen LogP) is 9.22. The monoisotopic (exact) mass is 664 g/mol. The summed E-state index contributed by atoms with van der Waals surface area (Å²) in [6.45, 7) is 0. The Hall–Kier alpha value is -6.28. The number of ether oxygens (including phenoxy) is 1. The van der Waals surface area contributed by atoms with E-state index < -0.39 is 40.0 Å². The van der Waals surface area contributed by atoms with E-state index in [1.54, 1.807) is 77.4 Å². The number of hydrogen-bond donors (Lipinski definition) is 0. The molecule has 1 aromatic heterocycles. The van der Waals surface area contributed by atoms with Gasteiger partial charge in [0.2, 0.25) is 0 Å². The van der Waals surface area contributed by atoms with Crippen molar-refractivity contribution in [3.8, 4) is 11.4 Å². The maximum absolute atomic E-state index is 15.3. The molecule has 9 rings (SSSR count).